The van der Waals surface area contributed by atoms with E-state index in [1.807, 2.05) is 0 Å². The zero-order chi connectivity index (χ0) is 20.7. The first-order chi connectivity index (χ1) is 13.4. The van der Waals surface area contributed by atoms with Gasteiger partial charge in [0.1, 0.15) is 5.58 Å². The summed E-state index contributed by atoms with van der Waals surface area (Å²) >= 11 is 0. The van der Waals surface area contributed by atoms with Crippen molar-refractivity contribution in [2.45, 2.75) is 25.4 Å². The molecular formula is C18H24N6O4. The maximum absolute atomic E-state index is 13.3. The molecule has 0 aliphatic heterocycles. The molecule has 0 radical (unpaired) electrons. The van der Waals surface area contributed by atoms with Gasteiger partial charge in [-0.25, -0.2) is 4.79 Å². The lowest BCUT2D eigenvalue weighted by Crippen LogP contribution is -2.44. The molecule has 2 rings (SSSR count). The van der Waals surface area contributed by atoms with Crippen LogP contribution in [0.3, 0.4) is 0 Å². The van der Waals surface area contributed by atoms with Crippen LogP contribution in [-0.2, 0) is 11.3 Å². The number of hydrogen-bond donors (Lipinski definition) is 5. The molecule has 0 saturated carbocycles. The quantitative estimate of drug-likeness (QED) is 0.118. The van der Waals surface area contributed by atoms with Crippen LogP contribution < -0.4 is 33.9 Å². The number of carbonyl (C=O) groups is 2. The molecule has 0 fully saturated rings. The smallest absolute Gasteiger partial charge is 0.341 e. The lowest BCUT2D eigenvalue weighted by atomic mass is 9.94. The number of para-hydroxylation sites is 1. The molecule has 150 valence electrons. The summed E-state index contributed by atoms with van der Waals surface area (Å²) in [6.07, 6.45) is 0.677. The lowest BCUT2D eigenvalue weighted by Gasteiger charge is -2.19. The number of guanidine groups is 1. The summed E-state index contributed by atoms with van der Waals surface area (Å²) in [6.45, 7) is -0.176. The second-order valence-corrected chi connectivity index (χ2v) is 6.08. The lowest BCUT2D eigenvalue weighted by molar-refractivity contribution is -0.120. The van der Waals surface area contributed by atoms with E-state index in [0.717, 1.165) is 0 Å². The highest BCUT2D eigenvalue weighted by molar-refractivity contribution is 6.11. The first-order valence-corrected chi connectivity index (χ1v) is 8.72. The predicted molar refractivity (Wildman–Crippen MR) is 106 cm³/mol. The third-order valence-corrected chi connectivity index (χ3v) is 4.14. The SMILES string of the molecule is NCC(=O)N[C@@H](CCCN=C(N)N)C(=O)c1c(CN)c(=O)oc2ccccc12. The van der Waals surface area contributed by atoms with Crippen LogP contribution in [0, 0.1) is 0 Å². The summed E-state index contributed by atoms with van der Waals surface area (Å²) < 4.78 is 5.24. The van der Waals surface area contributed by atoms with Gasteiger partial charge in [0.25, 0.3) is 0 Å². The Morgan fingerprint density at radius 3 is 2.54 bits per heavy atom. The van der Waals surface area contributed by atoms with Gasteiger partial charge in [0.15, 0.2) is 11.7 Å². The number of amides is 1. The molecule has 10 heteroatoms. The molecule has 10 nitrogen and oxygen atoms in total. The predicted octanol–water partition coefficient (Wildman–Crippen LogP) is -1.07. The largest absolute Gasteiger partial charge is 0.422 e. The maximum Gasteiger partial charge on any atom is 0.341 e. The molecule has 1 heterocycles. The van der Waals surface area contributed by atoms with Crippen LogP contribution in [0.1, 0.15) is 28.8 Å². The van der Waals surface area contributed by atoms with Crippen molar-refractivity contribution in [3.8, 4) is 0 Å². The zero-order valence-electron chi connectivity index (χ0n) is 15.3. The number of Topliss-reactive ketones (excluding diaryl/α,β-unsaturated/α-hetero) is 1. The second-order valence-electron chi connectivity index (χ2n) is 6.08. The maximum atomic E-state index is 13.3. The Balaban J connectivity index is 2.46. The monoisotopic (exact) mass is 388 g/mol. The van der Waals surface area contributed by atoms with Crippen LogP contribution in [0.2, 0.25) is 0 Å². The van der Waals surface area contributed by atoms with Crippen molar-refractivity contribution >= 4 is 28.6 Å². The number of nitrogens with one attached hydrogen (secondary N) is 1. The van der Waals surface area contributed by atoms with Crippen molar-refractivity contribution in [3.05, 3.63) is 45.8 Å². The Morgan fingerprint density at radius 2 is 1.89 bits per heavy atom. The van der Waals surface area contributed by atoms with Crippen molar-refractivity contribution in [1.82, 2.24) is 5.32 Å². The number of rotatable bonds is 9. The minimum absolute atomic E-state index is 0.0555. The van der Waals surface area contributed by atoms with E-state index >= 15 is 0 Å². The average molecular weight is 388 g/mol. The van der Waals surface area contributed by atoms with Gasteiger partial charge in [-0.15, -0.1) is 0 Å². The van der Waals surface area contributed by atoms with Crippen molar-refractivity contribution in [3.63, 3.8) is 0 Å². The highest BCUT2D eigenvalue weighted by atomic mass is 16.4. The van der Waals surface area contributed by atoms with Crippen LogP contribution in [0.15, 0.2) is 38.5 Å². The summed E-state index contributed by atoms with van der Waals surface area (Å²) in [7, 11) is 0. The highest BCUT2D eigenvalue weighted by Crippen LogP contribution is 2.22. The van der Waals surface area contributed by atoms with Crippen molar-refractivity contribution < 1.29 is 14.0 Å². The molecule has 1 atom stereocenters. The Bertz CT molecular complexity index is 949. The molecule has 1 aromatic carbocycles. The van der Waals surface area contributed by atoms with Gasteiger partial charge in [0, 0.05) is 24.0 Å². The van der Waals surface area contributed by atoms with Crippen molar-refractivity contribution in [2.75, 3.05) is 13.1 Å². The first kappa shape index (κ1) is 21.1. The van der Waals surface area contributed by atoms with Gasteiger partial charge >= 0.3 is 5.63 Å². The summed E-state index contributed by atoms with van der Waals surface area (Å²) in [5.41, 5.74) is 21.4. The average Bonchev–Trinajstić information content (AvgIpc) is 2.68. The van der Waals surface area contributed by atoms with Gasteiger partial charge in [-0.05, 0) is 18.9 Å². The zero-order valence-corrected chi connectivity index (χ0v) is 15.3. The minimum atomic E-state index is -0.916. The van der Waals surface area contributed by atoms with E-state index in [1.165, 1.54) is 0 Å². The van der Waals surface area contributed by atoms with Gasteiger partial charge < -0.3 is 32.7 Å². The van der Waals surface area contributed by atoms with Gasteiger partial charge in [-0.2, -0.15) is 0 Å². The number of aliphatic imine (C=N–C) groups is 1. The summed E-state index contributed by atoms with van der Waals surface area (Å²) in [6, 6.07) is 5.72. The molecular weight excluding hydrogens is 364 g/mol. The van der Waals surface area contributed by atoms with E-state index in [2.05, 4.69) is 10.3 Å². The molecule has 0 unspecified atom stereocenters. The normalized spacial score (nSPS) is 11.8. The number of carbonyl (C=O) groups excluding carboxylic acids is 2. The molecule has 0 aliphatic rings. The van der Waals surface area contributed by atoms with E-state index in [4.69, 9.17) is 27.4 Å². The molecule has 0 spiro atoms. The van der Waals surface area contributed by atoms with Crippen LogP contribution in [-0.4, -0.2) is 36.8 Å². The second kappa shape index (κ2) is 9.62. The van der Waals surface area contributed by atoms with Gasteiger partial charge in [0.05, 0.1) is 18.2 Å². The minimum Gasteiger partial charge on any atom is -0.422 e. The Labute approximate surface area is 160 Å². The van der Waals surface area contributed by atoms with Crippen molar-refractivity contribution in [2.24, 2.45) is 27.9 Å². The van der Waals surface area contributed by atoms with E-state index in [9.17, 15) is 14.4 Å². The highest BCUT2D eigenvalue weighted by Gasteiger charge is 2.27. The Morgan fingerprint density at radius 1 is 1.18 bits per heavy atom. The molecule has 0 bridgehead atoms. The van der Waals surface area contributed by atoms with Crippen LogP contribution in [0.4, 0.5) is 0 Å². The van der Waals surface area contributed by atoms with E-state index < -0.39 is 23.4 Å². The fourth-order valence-electron chi connectivity index (χ4n) is 2.85. The van der Waals surface area contributed by atoms with Crippen LogP contribution >= 0.6 is 0 Å². The number of ketones is 1. The van der Waals surface area contributed by atoms with Gasteiger partial charge in [-0.3, -0.25) is 14.6 Å². The van der Waals surface area contributed by atoms with E-state index in [1.54, 1.807) is 24.3 Å². The standard InChI is InChI=1S/C18H24N6O4/c19-8-11-15(10-4-1-2-6-13(10)28-17(11)27)16(26)12(24-14(25)9-20)5-3-7-23-18(21)22/h1-2,4,6,12H,3,5,7-9,19-20H2,(H,24,25)(H4,21,22,23)/t12-/m0/s1. The summed E-state index contributed by atoms with van der Waals surface area (Å²) in [5, 5.41) is 3.04. The third-order valence-electron chi connectivity index (χ3n) is 4.14. The first-order valence-electron chi connectivity index (χ1n) is 8.72. The van der Waals surface area contributed by atoms with Gasteiger partial charge in [-0.1, -0.05) is 18.2 Å². The van der Waals surface area contributed by atoms with Gasteiger partial charge in [0.2, 0.25) is 5.91 Å². The fraction of sp³-hybridized carbons (Fsp3) is 0.333. The molecule has 2 aromatic rings. The van der Waals surface area contributed by atoms with E-state index in [-0.39, 0.29) is 48.7 Å². The number of nitrogens with zero attached hydrogens (tertiary/aromatic N) is 1. The van der Waals surface area contributed by atoms with E-state index in [0.29, 0.717) is 11.8 Å². The molecule has 0 saturated heterocycles. The molecule has 1 aromatic heterocycles. The molecule has 0 aliphatic carbocycles. The van der Waals surface area contributed by atoms with Crippen LogP contribution in [0.25, 0.3) is 11.0 Å². The molecule has 9 N–H and O–H groups in total. The Hall–Kier alpha value is -3.24. The number of nitrogens with two attached hydrogens (primary N) is 4. The number of benzene rings is 1. The van der Waals surface area contributed by atoms with Crippen LogP contribution in [0.5, 0.6) is 0 Å². The summed E-state index contributed by atoms with van der Waals surface area (Å²) in [5.74, 6) is -1.01. The third kappa shape index (κ3) is 4.93. The topological polar surface area (TPSA) is 193 Å². The Kier molecular flexibility index (Phi) is 7.24. The van der Waals surface area contributed by atoms with Crippen molar-refractivity contribution in [1.29, 1.82) is 0 Å². The molecule has 1 amide bonds. The number of fused-ring (bicyclic) bond motifs is 1. The molecule has 28 heavy (non-hydrogen) atoms. The summed E-state index contributed by atoms with van der Waals surface area (Å²) in [4.78, 5) is 41.3. The fourth-order valence-corrected chi connectivity index (χ4v) is 2.85. The number of hydrogen-bond acceptors (Lipinski definition) is 7.